The smallest absolute Gasteiger partial charge is 0.132 e. The predicted octanol–water partition coefficient (Wildman–Crippen LogP) is 8.63. The second kappa shape index (κ2) is 12.6. The lowest BCUT2D eigenvalue weighted by Crippen LogP contribution is -2.42. The van der Waals surface area contributed by atoms with Crippen LogP contribution in [0.5, 0.6) is 11.5 Å². The summed E-state index contributed by atoms with van der Waals surface area (Å²) in [5, 5.41) is 11.2. The third-order valence-electron chi connectivity index (χ3n) is 8.38. The van der Waals surface area contributed by atoms with E-state index in [4.69, 9.17) is 4.74 Å². The fourth-order valence-electron chi connectivity index (χ4n) is 6.30. The molecule has 3 nitrogen and oxygen atoms in total. The molecular formula is C35H41F2NO2. The highest BCUT2D eigenvalue weighted by Gasteiger charge is 2.39. The van der Waals surface area contributed by atoms with Gasteiger partial charge in [-0.15, -0.1) is 0 Å². The zero-order valence-electron chi connectivity index (χ0n) is 23.8. The Morgan fingerprint density at radius 3 is 2.35 bits per heavy atom. The third kappa shape index (κ3) is 6.75. The Hall–Kier alpha value is -3.18. The first-order valence-electron chi connectivity index (χ1n) is 14.8. The summed E-state index contributed by atoms with van der Waals surface area (Å²) in [7, 11) is 0. The maximum atomic E-state index is 13.8. The maximum Gasteiger partial charge on any atom is 0.132 e. The van der Waals surface area contributed by atoms with Gasteiger partial charge in [-0.2, -0.15) is 0 Å². The van der Waals surface area contributed by atoms with Gasteiger partial charge in [0.15, 0.2) is 0 Å². The number of aryl methyl sites for hydroxylation is 2. The van der Waals surface area contributed by atoms with E-state index >= 15 is 0 Å². The van der Waals surface area contributed by atoms with Gasteiger partial charge in [0, 0.05) is 19.6 Å². The van der Waals surface area contributed by atoms with Gasteiger partial charge in [0.1, 0.15) is 28.7 Å². The number of aromatic hydroxyl groups is 1. The highest BCUT2D eigenvalue weighted by molar-refractivity contribution is 5.82. The van der Waals surface area contributed by atoms with Gasteiger partial charge in [-0.1, -0.05) is 56.0 Å². The number of hydrogen-bond acceptors (Lipinski definition) is 3. The lowest BCUT2D eigenvalue weighted by Gasteiger charge is -2.42. The number of nitrogens with zero attached hydrogens (tertiary/aromatic N) is 1. The number of rotatable bonds is 11. The van der Waals surface area contributed by atoms with E-state index in [1.165, 1.54) is 34.9 Å². The number of halogens is 2. The van der Waals surface area contributed by atoms with Gasteiger partial charge in [0.05, 0.1) is 5.56 Å². The predicted molar refractivity (Wildman–Crippen MR) is 158 cm³/mol. The van der Waals surface area contributed by atoms with E-state index in [0.29, 0.717) is 17.7 Å². The number of benzene rings is 3. The molecule has 3 aromatic carbocycles. The SMILES string of the molecule is CC1(C)Oc2cc(CCCCCCCCc3cc(F)ccc3F)cc(O)c2C2=C1CCN(Cc1ccccc1)C2. The molecule has 2 aliphatic heterocycles. The zero-order chi connectivity index (χ0) is 28.1. The molecule has 3 aromatic rings. The molecule has 1 N–H and O–H groups in total. The average Bonchev–Trinajstić information content (AvgIpc) is 2.92. The Bertz CT molecular complexity index is 1350. The molecule has 0 fully saturated rings. The highest BCUT2D eigenvalue weighted by atomic mass is 19.1. The zero-order valence-corrected chi connectivity index (χ0v) is 23.8. The Balaban J connectivity index is 1.14. The van der Waals surface area contributed by atoms with Gasteiger partial charge in [0.25, 0.3) is 0 Å². The fraction of sp³-hybridized carbons (Fsp3) is 0.429. The second-order valence-corrected chi connectivity index (χ2v) is 11.9. The summed E-state index contributed by atoms with van der Waals surface area (Å²) < 4.78 is 33.6. The number of hydrogen-bond donors (Lipinski definition) is 1. The molecule has 0 aromatic heterocycles. The number of fused-ring (bicyclic) bond motifs is 2. The molecule has 0 atom stereocenters. The van der Waals surface area contributed by atoms with Crippen molar-refractivity contribution in [1.82, 2.24) is 4.90 Å². The van der Waals surface area contributed by atoms with Gasteiger partial charge in [-0.25, -0.2) is 8.78 Å². The van der Waals surface area contributed by atoms with E-state index in [2.05, 4.69) is 49.1 Å². The molecule has 0 saturated heterocycles. The Morgan fingerprint density at radius 1 is 0.850 bits per heavy atom. The molecule has 0 aliphatic carbocycles. The molecular weight excluding hydrogens is 504 g/mol. The average molecular weight is 546 g/mol. The summed E-state index contributed by atoms with van der Waals surface area (Å²) in [6, 6.07) is 18.3. The highest BCUT2D eigenvalue weighted by Crippen LogP contribution is 2.48. The summed E-state index contributed by atoms with van der Waals surface area (Å²) in [6.07, 6.45) is 8.62. The van der Waals surface area contributed by atoms with Gasteiger partial charge < -0.3 is 9.84 Å². The van der Waals surface area contributed by atoms with Crippen molar-refractivity contribution in [3.05, 3.63) is 100 Å². The van der Waals surface area contributed by atoms with Crippen molar-refractivity contribution >= 4 is 5.57 Å². The summed E-state index contributed by atoms with van der Waals surface area (Å²) >= 11 is 0. The summed E-state index contributed by atoms with van der Waals surface area (Å²) in [5.74, 6) is 0.425. The topological polar surface area (TPSA) is 32.7 Å². The monoisotopic (exact) mass is 545 g/mol. The lowest BCUT2D eigenvalue weighted by molar-refractivity contribution is 0.129. The van der Waals surface area contributed by atoms with E-state index < -0.39 is 0 Å². The first-order valence-corrected chi connectivity index (χ1v) is 14.8. The van der Waals surface area contributed by atoms with Crippen LogP contribution < -0.4 is 4.74 Å². The molecule has 0 radical (unpaired) electrons. The molecule has 212 valence electrons. The van der Waals surface area contributed by atoms with Crippen LogP contribution in [0.2, 0.25) is 0 Å². The number of phenolic OH excluding ortho intramolecular Hbond substituents is 1. The van der Waals surface area contributed by atoms with Crippen LogP contribution in [0.3, 0.4) is 0 Å². The molecule has 0 spiro atoms. The Kier molecular flexibility index (Phi) is 8.90. The first kappa shape index (κ1) is 28.4. The van der Waals surface area contributed by atoms with E-state index in [0.717, 1.165) is 87.9 Å². The minimum absolute atomic E-state index is 0.317. The minimum atomic E-state index is -0.388. The van der Waals surface area contributed by atoms with Gasteiger partial charge in [-0.05, 0) is 104 Å². The van der Waals surface area contributed by atoms with E-state index in [-0.39, 0.29) is 17.2 Å². The molecule has 0 bridgehead atoms. The minimum Gasteiger partial charge on any atom is -0.507 e. The number of unbranched alkanes of at least 4 members (excludes halogenated alkanes) is 5. The second-order valence-electron chi connectivity index (χ2n) is 11.9. The summed E-state index contributed by atoms with van der Waals surface area (Å²) in [6.45, 7) is 6.98. The molecule has 5 heteroatoms. The molecule has 5 rings (SSSR count). The molecule has 0 amide bonds. The molecule has 40 heavy (non-hydrogen) atoms. The van der Waals surface area contributed by atoms with E-state index in [1.54, 1.807) is 0 Å². The van der Waals surface area contributed by atoms with Crippen molar-refractivity contribution in [1.29, 1.82) is 0 Å². The third-order valence-corrected chi connectivity index (χ3v) is 8.38. The Labute approximate surface area is 237 Å². The van der Waals surface area contributed by atoms with Crippen LogP contribution in [-0.2, 0) is 19.4 Å². The first-order chi connectivity index (χ1) is 19.3. The van der Waals surface area contributed by atoms with Crippen molar-refractivity contribution in [3.63, 3.8) is 0 Å². The van der Waals surface area contributed by atoms with Crippen LogP contribution in [0.15, 0.2) is 66.2 Å². The quantitative estimate of drug-likeness (QED) is 0.245. The van der Waals surface area contributed by atoms with E-state index in [9.17, 15) is 13.9 Å². The van der Waals surface area contributed by atoms with Gasteiger partial charge >= 0.3 is 0 Å². The molecule has 0 unspecified atom stereocenters. The van der Waals surface area contributed by atoms with Crippen LogP contribution in [0, 0.1) is 11.6 Å². The van der Waals surface area contributed by atoms with Crippen LogP contribution in [0.25, 0.3) is 5.57 Å². The molecule has 0 saturated carbocycles. The maximum absolute atomic E-state index is 13.8. The molecule has 2 aliphatic rings. The summed E-state index contributed by atoms with van der Waals surface area (Å²) in [4.78, 5) is 2.46. The van der Waals surface area contributed by atoms with Crippen LogP contribution in [-0.4, -0.2) is 28.7 Å². The largest absolute Gasteiger partial charge is 0.507 e. The molecule has 2 heterocycles. The standard InChI is InChI=1S/C35H41F2NO2/c1-35(2)30-18-19-38(23-25-12-9-7-10-13-25)24-29(30)34-32(39)20-26(21-33(34)40-35)14-8-5-3-4-6-11-15-27-22-28(36)16-17-31(27)37/h7,9-10,12-13,16-17,20-22,39H,3-6,8,11,14-15,18-19,23-24H2,1-2H3. The van der Waals surface area contributed by atoms with Crippen molar-refractivity contribution in [3.8, 4) is 11.5 Å². The number of phenols is 1. The fourth-order valence-corrected chi connectivity index (χ4v) is 6.30. The summed E-state index contributed by atoms with van der Waals surface area (Å²) in [5.41, 5.74) is 5.87. The normalized spacial score (nSPS) is 16.4. The van der Waals surface area contributed by atoms with Crippen molar-refractivity contribution in [2.45, 2.75) is 83.8 Å². The van der Waals surface area contributed by atoms with Gasteiger partial charge in [0.2, 0.25) is 0 Å². The lowest BCUT2D eigenvalue weighted by atomic mass is 9.81. The van der Waals surface area contributed by atoms with Crippen LogP contribution >= 0.6 is 0 Å². The Morgan fingerprint density at radius 2 is 1.57 bits per heavy atom. The van der Waals surface area contributed by atoms with Crippen LogP contribution in [0.1, 0.15) is 81.0 Å². The van der Waals surface area contributed by atoms with Crippen LogP contribution in [0.4, 0.5) is 8.78 Å². The van der Waals surface area contributed by atoms with Crippen molar-refractivity contribution in [2.24, 2.45) is 0 Å². The van der Waals surface area contributed by atoms with Crippen molar-refractivity contribution < 1.29 is 18.6 Å². The number of ether oxygens (including phenoxy) is 1. The van der Waals surface area contributed by atoms with Gasteiger partial charge in [-0.3, -0.25) is 4.90 Å². The van der Waals surface area contributed by atoms with Crippen molar-refractivity contribution in [2.75, 3.05) is 13.1 Å². The van der Waals surface area contributed by atoms with E-state index in [1.807, 2.05) is 12.1 Å².